The van der Waals surface area contributed by atoms with E-state index < -0.39 is 23.6 Å². The number of nitrogens with zero attached hydrogens (tertiary/aromatic N) is 4. The summed E-state index contributed by atoms with van der Waals surface area (Å²) in [5.41, 5.74) is -1.24. The maximum atomic E-state index is 13.7. The molecule has 4 rings (SSSR count). The highest BCUT2D eigenvalue weighted by atomic mass is 19.4. The van der Waals surface area contributed by atoms with Gasteiger partial charge in [0.15, 0.2) is 5.65 Å². The Balaban J connectivity index is 1.99. The molecule has 0 radical (unpaired) electrons. The number of alkyl halides is 6. The summed E-state index contributed by atoms with van der Waals surface area (Å²) in [6.45, 7) is 1.71. The van der Waals surface area contributed by atoms with Crippen LogP contribution in [-0.4, -0.2) is 19.4 Å². The zero-order valence-electron chi connectivity index (χ0n) is 15.3. The summed E-state index contributed by atoms with van der Waals surface area (Å²) in [6, 6.07) is 7.94. The minimum Gasteiger partial charge on any atom is -0.278 e. The first kappa shape index (κ1) is 19.9. The quantitative estimate of drug-likeness (QED) is 0.383. The van der Waals surface area contributed by atoms with Gasteiger partial charge in [0.2, 0.25) is 0 Å². The van der Waals surface area contributed by atoms with Crippen LogP contribution in [0.1, 0.15) is 17.0 Å². The highest BCUT2D eigenvalue weighted by Crippen LogP contribution is 2.36. The molecule has 154 valence electrons. The summed E-state index contributed by atoms with van der Waals surface area (Å²) in [5, 5.41) is 0. The van der Waals surface area contributed by atoms with Crippen LogP contribution < -0.4 is 0 Å². The zero-order valence-corrected chi connectivity index (χ0v) is 15.3. The normalized spacial score (nSPS) is 12.5. The lowest BCUT2D eigenvalue weighted by Crippen LogP contribution is -2.12. The molecule has 3 heterocycles. The van der Waals surface area contributed by atoms with Crippen LogP contribution in [0.5, 0.6) is 0 Å². The summed E-state index contributed by atoms with van der Waals surface area (Å²) >= 11 is 0. The Morgan fingerprint density at radius 1 is 0.833 bits per heavy atom. The van der Waals surface area contributed by atoms with Crippen molar-refractivity contribution in [2.45, 2.75) is 19.3 Å². The highest BCUT2D eigenvalue weighted by Gasteiger charge is 2.35. The van der Waals surface area contributed by atoms with Crippen LogP contribution in [0.4, 0.5) is 26.3 Å². The van der Waals surface area contributed by atoms with Gasteiger partial charge in [0.1, 0.15) is 17.7 Å². The van der Waals surface area contributed by atoms with Crippen LogP contribution in [-0.2, 0) is 12.4 Å². The number of halogens is 6. The molecule has 0 saturated carbocycles. The standard InChI is InChI=1S/C20H12F6N4/c1-11-7-13(5-6-27-11)17-18-29-15(9-16(20(24,25)26)30(18)10-28-17)12-3-2-4-14(8-12)19(21,22)23/h2-10H,1H3. The SMILES string of the molecule is Cc1cc(-c2ncn3c(C(F)(F)F)cc(-c4cccc(C(F)(F)F)c4)nc23)ccn1. The van der Waals surface area contributed by atoms with Gasteiger partial charge in [0.25, 0.3) is 0 Å². The molecular weight excluding hydrogens is 410 g/mol. The molecule has 0 saturated heterocycles. The van der Waals surface area contributed by atoms with Gasteiger partial charge < -0.3 is 0 Å². The van der Waals surface area contributed by atoms with E-state index in [2.05, 4.69) is 15.0 Å². The summed E-state index contributed by atoms with van der Waals surface area (Å²) in [4.78, 5) is 12.3. The van der Waals surface area contributed by atoms with Gasteiger partial charge in [-0.3, -0.25) is 9.38 Å². The molecule has 0 fully saturated rings. The fourth-order valence-corrected chi connectivity index (χ4v) is 3.09. The lowest BCUT2D eigenvalue weighted by molar-refractivity contribution is -0.142. The average molecular weight is 422 g/mol. The first-order valence-electron chi connectivity index (χ1n) is 8.60. The smallest absolute Gasteiger partial charge is 0.278 e. The summed E-state index contributed by atoms with van der Waals surface area (Å²) < 4.78 is 81.0. The molecule has 0 N–H and O–H groups in total. The second-order valence-corrected chi connectivity index (χ2v) is 6.58. The average Bonchev–Trinajstić information content (AvgIpc) is 3.10. The van der Waals surface area contributed by atoms with Crippen molar-refractivity contribution in [3.05, 3.63) is 71.9 Å². The Kier molecular flexibility index (Phi) is 4.52. The molecule has 0 atom stereocenters. The number of fused-ring (bicyclic) bond motifs is 1. The molecule has 10 heteroatoms. The fraction of sp³-hybridized carbons (Fsp3) is 0.150. The molecular formula is C20H12F6N4. The van der Waals surface area contributed by atoms with E-state index in [0.717, 1.165) is 28.9 Å². The fourth-order valence-electron chi connectivity index (χ4n) is 3.09. The van der Waals surface area contributed by atoms with Gasteiger partial charge >= 0.3 is 12.4 Å². The Bertz CT molecular complexity index is 1240. The van der Waals surface area contributed by atoms with E-state index in [1.54, 1.807) is 19.1 Å². The van der Waals surface area contributed by atoms with Gasteiger partial charge in [-0.05, 0) is 37.3 Å². The van der Waals surface area contributed by atoms with Crippen LogP contribution >= 0.6 is 0 Å². The van der Waals surface area contributed by atoms with Gasteiger partial charge in [0, 0.05) is 23.0 Å². The molecule has 0 spiro atoms. The van der Waals surface area contributed by atoms with Crippen molar-refractivity contribution in [1.29, 1.82) is 0 Å². The van der Waals surface area contributed by atoms with Gasteiger partial charge in [0.05, 0.1) is 11.3 Å². The maximum absolute atomic E-state index is 13.7. The highest BCUT2D eigenvalue weighted by molar-refractivity contribution is 5.76. The van der Waals surface area contributed by atoms with Crippen molar-refractivity contribution in [2.24, 2.45) is 0 Å². The predicted molar refractivity (Wildman–Crippen MR) is 96.4 cm³/mol. The maximum Gasteiger partial charge on any atom is 0.431 e. The first-order valence-corrected chi connectivity index (χ1v) is 8.60. The van der Waals surface area contributed by atoms with E-state index in [1.807, 2.05) is 0 Å². The van der Waals surface area contributed by atoms with Crippen LogP contribution in [0.2, 0.25) is 0 Å². The molecule has 30 heavy (non-hydrogen) atoms. The number of imidazole rings is 1. The second-order valence-electron chi connectivity index (χ2n) is 6.58. The zero-order chi connectivity index (χ0) is 21.7. The number of hydrogen-bond donors (Lipinski definition) is 0. The molecule has 4 aromatic rings. The predicted octanol–water partition coefficient (Wildman–Crippen LogP) is 5.80. The lowest BCUT2D eigenvalue weighted by Gasteiger charge is -2.13. The molecule has 0 aliphatic heterocycles. The lowest BCUT2D eigenvalue weighted by atomic mass is 10.1. The molecule has 3 aromatic heterocycles. The minimum atomic E-state index is -4.77. The van der Waals surface area contributed by atoms with Crippen LogP contribution in [0.15, 0.2) is 55.0 Å². The van der Waals surface area contributed by atoms with E-state index in [-0.39, 0.29) is 22.6 Å². The number of rotatable bonds is 2. The van der Waals surface area contributed by atoms with E-state index in [0.29, 0.717) is 17.3 Å². The number of hydrogen-bond acceptors (Lipinski definition) is 3. The van der Waals surface area contributed by atoms with Crippen molar-refractivity contribution < 1.29 is 26.3 Å². The Morgan fingerprint density at radius 2 is 1.60 bits per heavy atom. The van der Waals surface area contributed by atoms with Gasteiger partial charge in [-0.15, -0.1) is 0 Å². The van der Waals surface area contributed by atoms with Gasteiger partial charge in [-0.1, -0.05) is 12.1 Å². The summed E-state index contributed by atoms with van der Waals surface area (Å²) in [7, 11) is 0. The molecule has 0 aliphatic rings. The van der Waals surface area contributed by atoms with E-state index in [4.69, 9.17) is 0 Å². The summed E-state index contributed by atoms with van der Waals surface area (Å²) in [6.07, 6.45) is -6.93. The number of benzene rings is 1. The third kappa shape index (κ3) is 3.60. The monoisotopic (exact) mass is 422 g/mol. The molecule has 0 unspecified atom stereocenters. The number of pyridine rings is 1. The third-order valence-electron chi connectivity index (χ3n) is 4.45. The minimum absolute atomic E-state index is 0.0871. The second kappa shape index (κ2) is 6.82. The molecule has 1 aromatic carbocycles. The number of aromatic nitrogens is 4. The summed E-state index contributed by atoms with van der Waals surface area (Å²) in [5.74, 6) is 0. The van der Waals surface area contributed by atoms with Crippen LogP contribution in [0.25, 0.3) is 28.2 Å². The third-order valence-corrected chi connectivity index (χ3v) is 4.45. The van der Waals surface area contributed by atoms with Crippen molar-refractivity contribution in [1.82, 2.24) is 19.4 Å². The van der Waals surface area contributed by atoms with E-state index in [9.17, 15) is 26.3 Å². The molecule has 4 nitrogen and oxygen atoms in total. The van der Waals surface area contributed by atoms with Crippen molar-refractivity contribution >= 4 is 5.65 Å². The van der Waals surface area contributed by atoms with Gasteiger partial charge in [-0.25, -0.2) is 9.97 Å². The first-order chi connectivity index (χ1) is 14.0. The molecule has 0 aliphatic carbocycles. The Hall–Kier alpha value is -3.43. The molecule has 0 amide bonds. The van der Waals surface area contributed by atoms with Crippen molar-refractivity contribution in [3.8, 4) is 22.5 Å². The Morgan fingerprint density at radius 3 is 2.27 bits per heavy atom. The number of aryl methyl sites for hydroxylation is 1. The largest absolute Gasteiger partial charge is 0.431 e. The van der Waals surface area contributed by atoms with E-state index in [1.165, 1.54) is 12.3 Å². The Labute approximate surface area is 165 Å². The molecule has 0 bridgehead atoms. The topological polar surface area (TPSA) is 43.1 Å². The van der Waals surface area contributed by atoms with Crippen LogP contribution in [0, 0.1) is 6.92 Å². The van der Waals surface area contributed by atoms with E-state index >= 15 is 0 Å². The van der Waals surface area contributed by atoms with Crippen LogP contribution in [0.3, 0.4) is 0 Å². The van der Waals surface area contributed by atoms with Gasteiger partial charge in [-0.2, -0.15) is 26.3 Å². The van der Waals surface area contributed by atoms with Crippen molar-refractivity contribution in [2.75, 3.05) is 0 Å². The van der Waals surface area contributed by atoms with Crippen molar-refractivity contribution in [3.63, 3.8) is 0 Å².